The Morgan fingerprint density at radius 1 is 1.44 bits per heavy atom. The van der Waals surface area contributed by atoms with Gasteiger partial charge in [0.2, 0.25) is 5.91 Å². The van der Waals surface area contributed by atoms with Gasteiger partial charge in [-0.3, -0.25) is 4.79 Å². The summed E-state index contributed by atoms with van der Waals surface area (Å²) in [5.74, 6) is -0.326. The van der Waals surface area contributed by atoms with Crippen molar-refractivity contribution in [2.75, 3.05) is 25.3 Å². The average Bonchev–Trinajstić information content (AvgIpc) is 2.17. The fourth-order valence-electron chi connectivity index (χ4n) is 1.13. The molecule has 1 rings (SSSR count). The molecule has 1 amide bonds. The van der Waals surface area contributed by atoms with Crippen molar-refractivity contribution < 1.29 is 17.9 Å². The number of benzene rings is 1. The summed E-state index contributed by atoms with van der Waals surface area (Å²) >= 11 is 0. The van der Waals surface area contributed by atoms with E-state index in [0.29, 0.717) is 5.69 Å². The zero-order valence-corrected chi connectivity index (χ0v) is 9.87. The number of methoxy groups -OCH3 is 1. The lowest BCUT2D eigenvalue weighted by atomic mass is 10.3. The van der Waals surface area contributed by atoms with Gasteiger partial charge in [0.25, 0.3) is 0 Å². The van der Waals surface area contributed by atoms with Gasteiger partial charge in [-0.25, -0.2) is 8.42 Å². The number of nitrogens with one attached hydrogen (secondary N) is 1. The molecule has 0 atom stereocenters. The first-order chi connectivity index (χ1) is 7.43. The van der Waals surface area contributed by atoms with E-state index in [-0.39, 0.29) is 17.4 Å². The minimum atomic E-state index is -3.26. The lowest BCUT2D eigenvalue weighted by Gasteiger charge is -2.05. The number of carbonyl (C=O) groups is 1. The van der Waals surface area contributed by atoms with Crippen LogP contribution in [0.25, 0.3) is 0 Å². The molecule has 1 aromatic rings. The van der Waals surface area contributed by atoms with E-state index >= 15 is 0 Å². The summed E-state index contributed by atoms with van der Waals surface area (Å²) in [6.07, 6.45) is 1.11. The van der Waals surface area contributed by atoms with E-state index in [1.54, 1.807) is 12.1 Å². The number of anilines is 1. The van der Waals surface area contributed by atoms with Crippen molar-refractivity contribution in [2.45, 2.75) is 4.90 Å². The molecular formula is C10H13NO4S. The second-order valence-electron chi connectivity index (χ2n) is 3.28. The third-order valence-electron chi connectivity index (χ3n) is 1.82. The molecule has 0 saturated heterocycles. The highest BCUT2D eigenvalue weighted by atomic mass is 32.2. The Morgan fingerprint density at radius 3 is 2.69 bits per heavy atom. The Hall–Kier alpha value is -1.40. The molecule has 0 spiro atoms. The quantitative estimate of drug-likeness (QED) is 0.843. The van der Waals surface area contributed by atoms with E-state index in [0.717, 1.165) is 6.26 Å². The third kappa shape index (κ3) is 3.63. The molecule has 0 aliphatic rings. The van der Waals surface area contributed by atoms with Crippen LogP contribution in [0.3, 0.4) is 0 Å². The fraction of sp³-hybridized carbons (Fsp3) is 0.300. The van der Waals surface area contributed by atoms with Gasteiger partial charge in [-0.05, 0) is 18.2 Å². The van der Waals surface area contributed by atoms with Gasteiger partial charge in [0.05, 0.1) is 4.90 Å². The number of amides is 1. The Labute approximate surface area is 94.3 Å². The van der Waals surface area contributed by atoms with Crippen LogP contribution in [-0.2, 0) is 19.4 Å². The summed E-state index contributed by atoms with van der Waals surface area (Å²) in [5, 5.41) is 2.53. The van der Waals surface area contributed by atoms with E-state index in [2.05, 4.69) is 10.1 Å². The number of carbonyl (C=O) groups excluding carboxylic acids is 1. The first-order valence-electron chi connectivity index (χ1n) is 4.52. The Morgan fingerprint density at radius 2 is 2.12 bits per heavy atom. The highest BCUT2D eigenvalue weighted by molar-refractivity contribution is 7.90. The topological polar surface area (TPSA) is 72.5 Å². The van der Waals surface area contributed by atoms with Crippen LogP contribution < -0.4 is 5.32 Å². The molecule has 5 nitrogen and oxygen atoms in total. The number of hydrogen-bond acceptors (Lipinski definition) is 4. The highest BCUT2D eigenvalue weighted by Gasteiger charge is 2.08. The van der Waals surface area contributed by atoms with Crippen molar-refractivity contribution in [2.24, 2.45) is 0 Å². The van der Waals surface area contributed by atoms with E-state index in [1.165, 1.54) is 19.2 Å². The van der Waals surface area contributed by atoms with Gasteiger partial charge >= 0.3 is 0 Å². The molecule has 0 aliphatic carbocycles. The molecule has 88 valence electrons. The average molecular weight is 243 g/mol. The SMILES string of the molecule is COCC(=O)Nc1cccc(S(C)(=O)=O)c1. The molecule has 16 heavy (non-hydrogen) atoms. The van der Waals surface area contributed by atoms with Crippen LogP contribution in [0.4, 0.5) is 5.69 Å². The van der Waals surface area contributed by atoms with Gasteiger partial charge in [-0.1, -0.05) is 6.07 Å². The predicted octanol–water partition coefficient (Wildman–Crippen LogP) is 0.675. The minimum Gasteiger partial charge on any atom is -0.375 e. The molecule has 0 unspecified atom stereocenters. The van der Waals surface area contributed by atoms with E-state index in [9.17, 15) is 13.2 Å². The van der Waals surface area contributed by atoms with E-state index in [4.69, 9.17) is 0 Å². The predicted molar refractivity (Wildman–Crippen MR) is 60.1 cm³/mol. The van der Waals surface area contributed by atoms with Gasteiger partial charge in [-0.15, -0.1) is 0 Å². The molecule has 1 N–H and O–H groups in total. The van der Waals surface area contributed by atoms with E-state index < -0.39 is 9.84 Å². The Bertz CT molecular complexity index is 481. The molecule has 0 heterocycles. The van der Waals surface area contributed by atoms with Crippen LogP contribution in [0.2, 0.25) is 0 Å². The summed E-state index contributed by atoms with van der Waals surface area (Å²) in [6.45, 7) is -0.0664. The molecule has 0 radical (unpaired) electrons. The van der Waals surface area contributed by atoms with Crippen LogP contribution in [0.1, 0.15) is 0 Å². The molecule has 0 fully saturated rings. The van der Waals surface area contributed by atoms with Crippen molar-refractivity contribution in [3.63, 3.8) is 0 Å². The molecule has 0 aromatic heterocycles. The third-order valence-corrected chi connectivity index (χ3v) is 2.93. The molecule has 1 aromatic carbocycles. The zero-order valence-electron chi connectivity index (χ0n) is 9.06. The van der Waals surface area contributed by atoms with Crippen LogP contribution in [0.5, 0.6) is 0 Å². The van der Waals surface area contributed by atoms with E-state index in [1.807, 2.05) is 0 Å². The Kier molecular flexibility index (Phi) is 4.03. The largest absolute Gasteiger partial charge is 0.375 e. The summed E-state index contributed by atoms with van der Waals surface area (Å²) in [7, 11) is -1.85. The first-order valence-corrected chi connectivity index (χ1v) is 6.41. The van der Waals surface area contributed by atoms with Crippen molar-refractivity contribution in [3.05, 3.63) is 24.3 Å². The van der Waals surface area contributed by atoms with Crippen LogP contribution in [0.15, 0.2) is 29.2 Å². The summed E-state index contributed by atoms with van der Waals surface area (Å²) in [5.41, 5.74) is 0.435. The minimum absolute atomic E-state index is 0.0664. The standard InChI is InChI=1S/C10H13NO4S/c1-15-7-10(12)11-8-4-3-5-9(6-8)16(2,13)14/h3-6H,7H2,1-2H3,(H,11,12). The summed E-state index contributed by atoms with van der Waals surface area (Å²) < 4.78 is 27.2. The van der Waals surface area contributed by atoms with Crippen molar-refractivity contribution in [3.8, 4) is 0 Å². The van der Waals surface area contributed by atoms with Crippen molar-refractivity contribution in [1.82, 2.24) is 0 Å². The van der Waals surface area contributed by atoms with Gasteiger partial charge in [-0.2, -0.15) is 0 Å². The molecule has 0 aliphatic heterocycles. The lowest BCUT2D eigenvalue weighted by Crippen LogP contribution is -2.17. The van der Waals surface area contributed by atoms with Gasteiger partial charge < -0.3 is 10.1 Å². The second-order valence-corrected chi connectivity index (χ2v) is 5.30. The van der Waals surface area contributed by atoms with Gasteiger partial charge in [0.1, 0.15) is 6.61 Å². The van der Waals surface area contributed by atoms with Crippen molar-refractivity contribution >= 4 is 21.4 Å². The maximum absolute atomic E-state index is 11.3. The number of sulfone groups is 1. The maximum Gasteiger partial charge on any atom is 0.250 e. The molecule has 6 heteroatoms. The normalized spacial score (nSPS) is 11.1. The number of ether oxygens (including phenoxy) is 1. The number of rotatable bonds is 4. The zero-order chi connectivity index (χ0) is 12.2. The lowest BCUT2D eigenvalue weighted by molar-refractivity contribution is -0.119. The molecular weight excluding hydrogens is 230 g/mol. The monoisotopic (exact) mass is 243 g/mol. The van der Waals surface area contributed by atoms with Gasteiger partial charge in [0, 0.05) is 19.1 Å². The van der Waals surface area contributed by atoms with Gasteiger partial charge in [0.15, 0.2) is 9.84 Å². The first kappa shape index (κ1) is 12.7. The van der Waals surface area contributed by atoms with Crippen molar-refractivity contribution in [1.29, 1.82) is 0 Å². The maximum atomic E-state index is 11.3. The summed E-state index contributed by atoms with van der Waals surface area (Å²) in [6, 6.07) is 6.06. The second kappa shape index (κ2) is 5.09. The molecule has 0 saturated carbocycles. The number of hydrogen-bond donors (Lipinski definition) is 1. The summed E-state index contributed by atoms with van der Waals surface area (Å²) in [4.78, 5) is 11.4. The van der Waals surface area contributed by atoms with Crippen LogP contribution in [0, 0.1) is 0 Å². The molecule has 0 bridgehead atoms. The smallest absolute Gasteiger partial charge is 0.250 e. The highest BCUT2D eigenvalue weighted by Crippen LogP contribution is 2.14. The Balaban J connectivity index is 2.88. The van der Waals surface area contributed by atoms with Crippen LogP contribution in [-0.4, -0.2) is 34.3 Å². The fourth-order valence-corrected chi connectivity index (χ4v) is 1.80. The van der Waals surface area contributed by atoms with Crippen LogP contribution >= 0.6 is 0 Å².